The van der Waals surface area contributed by atoms with Gasteiger partial charge in [0.15, 0.2) is 0 Å². The number of carboxylic acids is 2. The number of hydrogen-bond acceptors (Lipinski definition) is 7. The lowest BCUT2D eigenvalue weighted by Gasteiger charge is -2.33. The molecule has 2 aromatic rings. The van der Waals surface area contributed by atoms with Crippen molar-refractivity contribution in [3.63, 3.8) is 0 Å². The average molecular weight is 583 g/mol. The van der Waals surface area contributed by atoms with Crippen molar-refractivity contribution in [3.05, 3.63) is 54.2 Å². The highest BCUT2D eigenvalue weighted by molar-refractivity contribution is 5.81. The van der Waals surface area contributed by atoms with Crippen molar-refractivity contribution in [2.75, 3.05) is 19.6 Å². The van der Waals surface area contributed by atoms with Crippen molar-refractivity contribution < 1.29 is 60.1 Å². The molecule has 2 aliphatic heterocycles. The molecule has 2 aromatic heterocycles. The molecule has 0 unspecified atom stereocenters. The fourth-order valence-electron chi connectivity index (χ4n) is 3.94. The highest BCUT2D eigenvalue weighted by Gasteiger charge is 2.42. The lowest BCUT2D eigenvalue weighted by atomic mass is 9.91. The minimum absolute atomic E-state index is 0.0230. The smallest absolute Gasteiger partial charge is 0.475 e. The number of carbonyl (C=O) groups is 3. The zero-order valence-electron chi connectivity index (χ0n) is 20.8. The van der Waals surface area contributed by atoms with E-state index < -0.39 is 24.3 Å². The molecule has 0 saturated carbocycles. The Hall–Kier alpha value is -3.66. The van der Waals surface area contributed by atoms with Crippen LogP contribution in [0.25, 0.3) is 0 Å². The molecule has 4 rings (SSSR count). The maximum Gasteiger partial charge on any atom is 0.490 e. The van der Waals surface area contributed by atoms with Gasteiger partial charge in [0.25, 0.3) is 0 Å². The summed E-state index contributed by atoms with van der Waals surface area (Å²) in [5.41, 5.74) is 2.36. The molecule has 3 N–H and O–H groups in total. The fraction of sp³-hybridized carbons (Fsp3) is 0.500. The minimum Gasteiger partial charge on any atom is -0.475 e. The summed E-state index contributed by atoms with van der Waals surface area (Å²) < 4.78 is 74.7. The second-order valence-corrected chi connectivity index (χ2v) is 8.82. The Morgan fingerprint density at radius 2 is 1.60 bits per heavy atom. The van der Waals surface area contributed by atoms with Gasteiger partial charge in [-0.3, -0.25) is 14.7 Å². The number of aromatic nitrogens is 1. The third kappa shape index (κ3) is 11.2. The molecule has 0 spiro atoms. The van der Waals surface area contributed by atoms with Gasteiger partial charge >= 0.3 is 24.3 Å². The number of pyridine rings is 1. The third-order valence-corrected chi connectivity index (χ3v) is 5.86. The van der Waals surface area contributed by atoms with Gasteiger partial charge in [0, 0.05) is 37.6 Å². The van der Waals surface area contributed by atoms with E-state index in [1.54, 1.807) is 24.9 Å². The molecule has 222 valence electrons. The van der Waals surface area contributed by atoms with Gasteiger partial charge < -0.3 is 24.7 Å². The highest BCUT2D eigenvalue weighted by Crippen LogP contribution is 2.33. The van der Waals surface area contributed by atoms with Crippen molar-refractivity contribution in [2.45, 2.75) is 50.4 Å². The van der Waals surface area contributed by atoms with Gasteiger partial charge in [0.2, 0.25) is 5.91 Å². The predicted molar refractivity (Wildman–Crippen MR) is 124 cm³/mol. The molecule has 0 bridgehead atoms. The van der Waals surface area contributed by atoms with Crippen molar-refractivity contribution in [1.29, 1.82) is 0 Å². The number of nitrogens with zero attached hydrogens (tertiary/aromatic N) is 2. The second kappa shape index (κ2) is 14.6. The van der Waals surface area contributed by atoms with Crippen LogP contribution in [0.4, 0.5) is 26.3 Å². The zero-order valence-corrected chi connectivity index (χ0v) is 20.8. The average Bonchev–Trinajstić information content (AvgIpc) is 3.54. The van der Waals surface area contributed by atoms with Crippen LogP contribution in [0.1, 0.15) is 24.0 Å². The Morgan fingerprint density at radius 3 is 2.12 bits per heavy atom. The Balaban J connectivity index is 0.000000333. The Kier molecular flexibility index (Phi) is 11.9. The first-order chi connectivity index (χ1) is 18.7. The van der Waals surface area contributed by atoms with Crippen LogP contribution in [0.3, 0.4) is 0 Å². The van der Waals surface area contributed by atoms with Gasteiger partial charge in [0.05, 0.1) is 18.6 Å². The summed E-state index contributed by atoms with van der Waals surface area (Å²) in [5, 5.41) is 17.3. The van der Waals surface area contributed by atoms with E-state index in [0.717, 1.165) is 38.9 Å². The third-order valence-electron chi connectivity index (χ3n) is 5.86. The van der Waals surface area contributed by atoms with E-state index in [2.05, 4.69) is 15.2 Å². The first kappa shape index (κ1) is 32.6. The number of halogens is 6. The van der Waals surface area contributed by atoms with Crippen LogP contribution in [0, 0.1) is 5.92 Å². The van der Waals surface area contributed by atoms with Crippen LogP contribution in [0.15, 0.2) is 47.5 Å². The first-order valence-corrected chi connectivity index (χ1v) is 11.8. The Labute approximate surface area is 223 Å². The van der Waals surface area contributed by atoms with E-state index in [9.17, 15) is 31.1 Å². The zero-order chi connectivity index (χ0) is 29.9. The summed E-state index contributed by atoms with van der Waals surface area (Å²) in [5.74, 6) is -5.00. The molecule has 0 aromatic carbocycles. The lowest BCUT2D eigenvalue weighted by Crippen LogP contribution is -2.42. The molecule has 3 atom stereocenters. The first-order valence-electron chi connectivity index (χ1n) is 11.8. The molecular formula is C24H27F6N3O7. The highest BCUT2D eigenvalue weighted by atomic mass is 19.4. The number of ether oxygens (including phenoxy) is 1. The number of rotatable bonds is 6. The number of nitrogens with one attached hydrogen (secondary N) is 1. The van der Waals surface area contributed by atoms with E-state index in [1.807, 2.05) is 18.2 Å². The van der Waals surface area contributed by atoms with E-state index in [0.29, 0.717) is 12.5 Å². The minimum atomic E-state index is -5.08. The van der Waals surface area contributed by atoms with Gasteiger partial charge in [-0.15, -0.1) is 0 Å². The number of hydrogen-bond donors (Lipinski definition) is 3. The fourth-order valence-corrected chi connectivity index (χ4v) is 3.94. The van der Waals surface area contributed by atoms with Gasteiger partial charge in [-0.2, -0.15) is 26.3 Å². The normalized spacial score (nSPS) is 20.7. The molecule has 1 amide bonds. The lowest BCUT2D eigenvalue weighted by molar-refractivity contribution is -0.193. The number of carbonyl (C=O) groups excluding carboxylic acids is 1. The maximum absolute atomic E-state index is 12.4. The van der Waals surface area contributed by atoms with Crippen LogP contribution in [0.5, 0.6) is 0 Å². The van der Waals surface area contributed by atoms with Crippen molar-refractivity contribution in [2.24, 2.45) is 5.92 Å². The summed E-state index contributed by atoms with van der Waals surface area (Å²) in [6, 6.07) is 5.95. The van der Waals surface area contributed by atoms with Crippen LogP contribution in [0.2, 0.25) is 0 Å². The molecule has 2 aliphatic rings. The molecule has 2 saturated heterocycles. The van der Waals surface area contributed by atoms with Crippen molar-refractivity contribution in [3.8, 4) is 0 Å². The summed E-state index contributed by atoms with van der Waals surface area (Å²) in [7, 11) is 0. The standard InChI is InChI=1S/C20H25N3O3.2C2HF3O2/c24-20(22-8-3-15-1-6-21-7-2-15)18-11-17-4-9-23(13-19(17)26-18)12-16-5-10-25-14-16;2*3-2(4,5)1(6)7/h1-2,5-7,10,14,17-19H,3-4,8-9,11-13H2,(H,22,24);2*(H,6,7)/t17-,18-,19+;;/m0../s1. The van der Waals surface area contributed by atoms with Crippen LogP contribution >= 0.6 is 0 Å². The summed E-state index contributed by atoms with van der Waals surface area (Å²) in [4.78, 5) is 36.6. The maximum atomic E-state index is 12.4. The number of likely N-dealkylation sites (tertiary alicyclic amines) is 1. The van der Waals surface area contributed by atoms with Gasteiger partial charge in [0.1, 0.15) is 6.10 Å². The van der Waals surface area contributed by atoms with Gasteiger partial charge in [-0.25, -0.2) is 9.59 Å². The Bertz CT molecular complexity index is 1060. The monoisotopic (exact) mass is 583 g/mol. The second-order valence-electron chi connectivity index (χ2n) is 8.82. The quantitative estimate of drug-likeness (QED) is 0.437. The van der Waals surface area contributed by atoms with Crippen LogP contribution in [-0.2, 0) is 32.1 Å². The van der Waals surface area contributed by atoms with Crippen LogP contribution < -0.4 is 5.32 Å². The molecular weight excluding hydrogens is 556 g/mol. The number of fused-ring (bicyclic) bond motifs is 1. The van der Waals surface area contributed by atoms with Gasteiger partial charge in [-0.1, -0.05) is 0 Å². The van der Waals surface area contributed by atoms with Crippen molar-refractivity contribution in [1.82, 2.24) is 15.2 Å². The number of alkyl halides is 6. The SMILES string of the molecule is O=C(NCCc1ccncc1)[C@@H]1C[C@@H]2CCN(Cc3ccoc3)C[C@H]2O1.O=C(O)C(F)(F)F.O=C(O)C(F)(F)F. The number of aliphatic carboxylic acids is 2. The molecule has 0 radical (unpaired) electrons. The molecule has 0 aliphatic carbocycles. The van der Waals surface area contributed by atoms with Gasteiger partial charge in [-0.05, 0) is 55.5 Å². The van der Waals surface area contributed by atoms with E-state index in [-0.39, 0.29) is 18.1 Å². The number of piperidine rings is 1. The number of carboxylic acid groups (broad SMARTS) is 2. The number of amides is 1. The summed E-state index contributed by atoms with van der Waals surface area (Å²) in [6.07, 6.45) is -0.529. The summed E-state index contributed by atoms with van der Waals surface area (Å²) >= 11 is 0. The van der Waals surface area contributed by atoms with Crippen molar-refractivity contribution >= 4 is 17.8 Å². The largest absolute Gasteiger partial charge is 0.490 e. The predicted octanol–water partition coefficient (Wildman–Crippen LogP) is 3.28. The van der Waals surface area contributed by atoms with E-state index in [1.165, 1.54) is 11.1 Å². The molecule has 4 heterocycles. The Morgan fingerprint density at radius 1 is 1.00 bits per heavy atom. The molecule has 10 nitrogen and oxygen atoms in total. The molecule has 40 heavy (non-hydrogen) atoms. The van der Waals surface area contributed by atoms with E-state index in [4.69, 9.17) is 29.0 Å². The van der Waals surface area contributed by atoms with Crippen LogP contribution in [-0.4, -0.2) is 82.1 Å². The topological polar surface area (TPSA) is 142 Å². The number of furan rings is 1. The summed E-state index contributed by atoms with van der Waals surface area (Å²) in [6.45, 7) is 3.44. The molecule has 2 fully saturated rings. The van der Waals surface area contributed by atoms with E-state index >= 15 is 0 Å². The molecule has 16 heteroatoms.